The first-order chi connectivity index (χ1) is 11.5. The number of hydrogen-bond acceptors (Lipinski definition) is 5. The quantitative estimate of drug-likeness (QED) is 0.817. The largest absolute Gasteiger partial charge is 0.341 e. The standard InChI is InChI=1S/C16H23F2N3O3S/c1-16(2)10-21(8-7-13(16)19)9-14(22)20-11-3-5-12(6-4-11)25(23,24)15(17)18/h3-6,13,15H,7-10,19H2,1-2H3,(H,20,22). The Kier molecular flexibility index (Phi) is 5.80. The highest BCUT2D eigenvalue weighted by atomic mass is 32.2. The van der Waals surface area contributed by atoms with E-state index >= 15 is 0 Å². The Bertz CT molecular complexity index is 721. The van der Waals surface area contributed by atoms with Crippen molar-refractivity contribution < 1.29 is 22.0 Å². The third-order valence-corrected chi connectivity index (χ3v) is 5.86. The molecule has 1 aromatic rings. The van der Waals surface area contributed by atoms with Gasteiger partial charge in [0.2, 0.25) is 15.7 Å². The summed E-state index contributed by atoms with van der Waals surface area (Å²) in [7, 11) is -4.63. The Morgan fingerprint density at radius 3 is 2.48 bits per heavy atom. The first-order valence-corrected chi connectivity index (χ1v) is 9.47. The molecule has 0 bridgehead atoms. The van der Waals surface area contributed by atoms with E-state index in [4.69, 9.17) is 5.73 Å². The molecule has 0 saturated carbocycles. The molecule has 140 valence electrons. The Hall–Kier alpha value is -1.58. The van der Waals surface area contributed by atoms with Crippen LogP contribution in [0.25, 0.3) is 0 Å². The summed E-state index contributed by atoms with van der Waals surface area (Å²) in [5, 5.41) is 2.64. The van der Waals surface area contributed by atoms with Gasteiger partial charge in [-0.25, -0.2) is 8.42 Å². The van der Waals surface area contributed by atoms with Gasteiger partial charge < -0.3 is 11.1 Å². The molecule has 1 heterocycles. The number of nitrogens with two attached hydrogens (primary N) is 1. The molecule has 1 fully saturated rings. The fourth-order valence-electron chi connectivity index (χ4n) is 2.85. The van der Waals surface area contributed by atoms with Crippen molar-refractivity contribution in [2.24, 2.45) is 11.1 Å². The van der Waals surface area contributed by atoms with Crippen LogP contribution < -0.4 is 11.1 Å². The molecule has 1 atom stereocenters. The molecule has 0 aliphatic carbocycles. The minimum Gasteiger partial charge on any atom is -0.327 e. The minimum absolute atomic E-state index is 0.0796. The zero-order valence-electron chi connectivity index (χ0n) is 14.2. The number of carbonyl (C=O) groups is 1. The van der Waals surface area contributed by atoms with Gasteiger partial charge in [0.15, 0.2) is 0 Å². The fraction of sp³-hybridized carbons (Fsp3) is 0.562. The van der Waals surface area contributed by atoms with E-state index in [1.54, 1.807) is 0 Å². The van der Waals surface area contributed by atoms with Crippen molar-refractivity contribution in [3.63, 3.8) is 0 Å². The minimum atomic E-state index is -4.63. The van der Waals surface area contributed by atoms with Crippen LogP contribution in [0.15, 0.2) is 29.2 Å². The number of benzene rings is 1. The number of rotatable bonds is 5. The molecular formula is C16H23F2N3O3S. The molecule has 1 unspecified atom stereocenters. The van der Waals surface area contributed by atoms with Crippen molar-refractivity contribution >= 4 is 21.4 Å². The number of nitrogens with one attached hydrogen (secondary N) is 1. The van der Waals surface area contributed by atoms with Gasteiger partial charge in [-0.15, -0.1) is 0 Å². The SMILES string of the molecule is CC1(C)CN(CC(=O)Nc2ccc(S(=O)(=O)C(F)F)cc2)CCC1N. The second-order valence-electron chi connectivity index (χ2n) is 6.97. The van der Waals surface area contributed by atoms with Gasteiger partial charge in [-0.3, -0.25) is 9.69 Å². The van der Waals surface area contributed by atoms with Gasteiger partial charge in [-0.2, -0.15) is 8.78 Å². The van der Waals surface area contributed by atoms with E-state index in [1.165, 1.54) is 12.1 Å². The normalized spacial score (nSPS) is 21.3. The molecular weight excluding hydrogens is 352 g/mol. The Morgan fingerprint density at radius 1 is 1.36 bits per heavy atom. The van der Waals surface area contributed by atoms with Crippen LogP contribution in [0.1, 0.15) is 20.3 Å². The molecule has 25 heavy (non-hydrogen) atoms. The average Bonchev–Trinajstić information content (AvgIpc) is 2.51. The zero-order valence-corrected chi connectivity index (χ0v) is 15.0. The lowest BCUT2D eigenvalue weighted by atomic mass is 9.80. The van der Waals surface area contributed by atoms with Crippen LogP contribution in [0.5, 0.6) is 0 Å². The Labute approximate surface area is 146 Å². The summed E-state index contributed by atoms with van der Waals surface area (Å²) in [6, 6.07) is 4.79. The van der Waals surface area contributed by atoms with Gasteiger partial charge in [0.05, 0.1) is 11.4 Å². The predicted octanol–water partition coefficient (Wildman–Crippen LogP) is 1.68. The van der Waals surface area contributed by atoms with E-state index in [0.717, 1.165) is 25.1 Å². The number of nitrogens with zero attached hydrogens (tertiary/aromatic N) is 1. The van der Waals surface area contributed by atoms with Crippen molar-refractivity contribution in [1.82, 2.24) is 4.90 Å². The second-order valence-corrected chi connectivity index (χ2v) is 8.89. The molecule has 3 N–H and O–H groups in total. The summed E-state index contributed by atoms with van der Waals surface area (Å²) < 4.78 is 47.7. The van der Waals surface area contributed by atoms with Crippen LogP contribution in [-0.2, 0) is 14.6 Å². The lowest BCUT2D eigenvalue weighted by Gasteiger charge is -2.42. The molecule has 9 heteroatoms. The molecule has 1 saturated heterocycles. The van der Waals surface area contributed by atoms with Crippen LogP contribution >= 0.6 is 0 Å². The molecule has 6 nitrogen and oxygen atoms in total. The molecule has 1 aromatic carbocycles. The number of piperidine rings is 1. The molecule has 1 aliphatic heterocycles. The molecule has 0 radical (unpaired) electrons. The van der Waals surface area contributed by atoms with Crippen LogP contribution in [-0.4, -0.2) is 50.7 Å². The number of carbonyl (C=O) groups excluding carboxylic acids is 1. The highest BCUT2D eigenvalue weighted by Crippen LogP contribution is 2.27. The number of anilines is 1. The topological polar surface area (TPSA) is 92.5 Å². The fourth-order valence-corrected chi connectivity index (χ4v) is 3.58. The summed E-state index contributed by atoms with van der Waals surface area (Å²) >= 11 is 0. The summed E-state index contributed by atoms with van der Waals surface area (Å²) in [6.45, 7) is 5.73. The van der Waals surface area contributed by atoms with Gasteiger partial charge in [-0.1, -0.05) is 13.8 Å². The van der Waals surface area contributed by atoms with Gasteiger partial charge in [0.1, 0.15) is 0 Å². The lowest BCUT2D eigenvalue weighted by Crippen LogP contribution is -2.53. The van der Waals surface area contributed by atoms with Crippen molar-refractivity contribution in [3.8, 4) is 0 Å². The average molecular weight is 375 g/mol. The Balaban J connectivity index is 1.95. The number of hydrogen-bond donors (Lipinski definition) is 2. The van der Waals surface area contributed by atoms with E-state index in [9.17, 15) is 22.0 Å². The maximum atomic E-state index is 12.5. The maximum absolute atomic E-state index is 12.5. The number of halogens is 2. The first-order valence-electron chi connectivity index (χ1n) is 7.92. The van der Waals surface area contributed by atoms with Crippen LogP contribution in [0, 0.1) is 5.41 Å². The van der Waals surface area contributed by atoms with Crippen LogP contribution in [0.2, 0.25) is 0 Å². The molecule has 1 aliphatic rings. The highest BCUT2D eigenvalue weighted by Gasteiger charge is 2.34. The van der Waals surface area contributed by atoms with Gasteiger partial charge in [-0.05, 0) is 36.1 Å². The van der Waals surface area contributed by atoms with E-state index in [2.05, 4.69) is 19.2 Å². The summed E-state index contributed by atoms with van der Waals surface area (Å²) in [6.07, 6.45) is 0.806. The summed E-state index contributed by atoms with van der Waals surface area (Å²) in [5.41, 5.74) is 6.34. The summed E-state index contributed by atoms with van der Waals surface area (Å²) in [4.78, 5) is 13.7. The molecule has 0 aromatic heterocycles. The van der Waals surface area contributed by atoms with Crippen molar-refractivity contribution in [2.75, 3.05) is 25.0 Å². The number of likely N-dealkylation sites (tertiary alicyclic amines) is 1. The van der Waals surface area contributed by atoms with Crippen molar-refractivity contribution in [1.29, 1.82) is 0 Å². The first kappa shape index (κ1) is 19.7. The number of sulfone groups is 1. The monoisotopic (exact) mass is 375 g/mol. The third-order valence-electron chi connectivity index (χ3n) is 4.46. The lowest BCUT2D eigenvalue weighted by molar-refractivity contribution is -0.118. The van der Waals surface area contributed by atoms with Gasteiger partial charge in [0.25, 0.3) is 0 Å². The number of alkyl halides is 2. The summed E-state index contributed by atoms with van der Waals surface area (Å²) in [5.74, 6) is -3.72. The second kappa shape index (κ2) is 7.35. The van der Waals surface area contributed by atoms with Gasteiger partial charge in [0, 0.05) is 24.8 Å². The molecule has 1 amide bonds. The number of amides is 1. The van der Waals surface area contributed by atoms with Crippen LogP contribution in [0.3, 0.4) is 0 Å². The highest BCUT2D eigenvalue weighted by molar-refractivity contribution is 7.91. The molecule has 2 rings (SSSR count). The van der Waals surface area contributed by atoms with E-state index < -0.39 is 20.5 Å². The van der Waals surface area contributed by atoms with Crippen molar-refractivity contribution in [2.45, 2.75) is 37.0 Å². The predicted molar refractivity (Wildman–Crippen MR) is 91.1 cm³/mol. The Morgan fingerprint density at radius 2 is 1.96 bits per heavy atom. The van der Waals surface area contributed by atoms with Crippen LogP contribution in [0.4, 0.5) is 14.5 Å². The van der Waals surface area contributed by atoms with E-state index in [-0.39, 0.29) is 23.9 Å². The smallest absolute Gasteiger partial charge is 0.327 e. The third kappa shape index (κ3) is 4.74. The maximum Gasteiger partial charge on any atom is 0.341 e. The molecule has 0 spiro atoms. The van der Waals surface area contributed by atoms with E-state index in [1.807, 2.05) is 4.90 Å². The zero-order chi connectivity index (χ0) is 18.8. The van der Waals surface area contributed by atoms with Gasteiger partial charge >= 0.3 is 5.76 Å². The van der Waals surface area contributed by atoms with Crippen molar-refractivity contribution in [3.05, 3.63) is 24.3 Å². The van der Waals surface area contributed by atoms with E-state index in [0.29, 0.717) is 12.2 Å².